The third kappa shape index (κ3) is 3.44. The summed E-state index contributed by atoms with van der Waals surface area (Å²) in [6.45, 7) is -0.400. The average molecular weight is 330 g/mol. The Balaban J connectivity index is 2.38. The van der Waals surface area contributed by atoms with Gasteiger partial charge in [-0.25, -0.2) is 0 Å². The summed E-state index contributed by atoms with van der Waals surface area (Å²) in [5, 5.41) is 19.2. The van der Waals surface area contributed by atoms with Crippen LogP contribution in [-0.2, 0) is 4.79 Å². The van der Waals surface area contributed by atoms with Gasteiger partial charge in [0, 0.05) is 10.9 Å². The number of phenolic OH excluding ortho intramolecular Hbond substituents is 1. The molecule has 1 aromatic carbocycles. The Morgan fingerprint density at radius 1 is 1.33 bits per heavy atom. The Morgan fingerprint density at radius 2 is 1.95 bits per heavy atom. The highest BCUT2D eigenvalue weighted by Crippen LogP contribution is 2.33. The van der Waals surface area contributed by atoms with Gasteiger partial charge in [-0.3, -0.25) is 9.59 Å². The van der Waals surface area contributed by atoms with Crippen molar-refractivity contribution in [3.8, 4) is 5.75 Å². The van der Waals surface area contributed by atoms with Crippen LogP contribution in [0.5, 0.6) is 5.75 Å². The molecule has 1 aromatic rings. The van der Waals surface area contributed by atoms with Crippen LogP contribution in [0.1, 0.15) is 36.0 Å². The average Bonchev–Trinajstić information content (AvgIpc) is 2.94. The number of benzene rings is 1. The van der Waals surface area contributed by atoms with Gasteiger partial charge in [0.15, 0.2) is 0 Å². The number of aliphatic carboxylic acids is 1. The molecule has 0 aromatic heterocycles. The Bertz CT molecular complexity index is 572. The first-order chi connectivity index (χ1) is 9.91. The minimum absolute atomic E-state index is 0.0426. The summed E-state index contributed by atoms with van der Waals surface area (Å²) in [5.41, 5.74) is -0.0426. The van der Waals surface area contributed by atoms with Crippen molar-refractivity contribution in [1.82, 2.24) is 4.90 Å². The summed E-state index contributed by atoms with van der Waals surface area (Å²) in [4.78, 5) is 25.1. The van der Waals surface area contributed by atoms with Gasteiger partial charge in [-0.15, -0.1) is 12.6 Å². The van der Waals surface area contributed by atoms with E-state index in [0.29, 0.717) is 0 Å². The summed E-state index contributed by atoms with van der Waals surface area (Å²) < 4.78 is 0. The molecule has 7 heteroatoms. The number of carboxylic acids is 1. The number of thiol groups is 1. The first-order valence-electron chi connectivity index (χ1n) is 6.65. The fraction of sp³-hybridized carbons (Fsp3) is 0.429. The second kappa shape index (κ2) is 6.58. The standard InChI is InChI=1S/C14H16ClNO4S/c15-9-5-6-10(17)12(13(9)21)14(20)16(7-11(18)19)8-3-1-2-4-8/h5-6,8,17,21H,1-4,7H2,(H,18,19). The van der Waals surface area contributed by atoms with E-state index in [0.717, 1.165) is 25.7 Å². The lowest BCUT2D eigenvalue weighted by Crippen LogP contribution is -2.42. The molecule has 1 saturated carbocycles. The molecule has 2 N–H and O–H groups in total. The summed E-state index contributed by atoms with van der Waals surface area (Å²) in [6, 6.07) is 2.62. The number of carboxylic acid groups (broad SMARTS) is 1. The minimum Gasteiger partial charge on any atom is -0.507 e. The Labute approximate surface area is 132 Å². The van der Waals surface area contributed by atoms with Crippen molar-refractivity contribution >= 4 is 36.1 Å². The summed E-state index contributed by atoms with van der Waals surface area (Å²) in [5.74, 6) is -1.88. The van der Waals surface area contributed by atoms with Crippen molar-refractivity contribution < 1.29 is 19.8 Å². The smallest absolute Gasteiger partial charge is 0.323 e. The van der Waals surface area contributed by atoms with Gasteiger partial charge in [-0.1, -0.05) is 24.4 Å². The maximum atomic E-state index is 12.7. The number of aromatic hydroxyl groups is 1. The van der Waals surface area contributed by atoms with Crippen LogP contribution >= 0.6 is 24.2 Å². The molecular weight excluding hydrogens is 314 g/mol. The zero-order chi connectivity index (χ0) is 15.6. The first kappa shape index (κ1) is 16.0. The molecule has 0 saturated heterocycles. The van der Waals surface area contributed by atoms with E-state index in [9.17, 15) is 14.7 Å². The number of halogens is 1. The maximum Gasteiger partial charge on any atom is 0.323 e. The van der Waals surface area contributed by atoms with Gasteiger partial charge in [0.25, 0.3) is 5.91 Å². The number of phenols is 1. The van der Waals surface area contributed by atoms with Gasteiger partial charge >= 0.3 is 5.97 Å². The number of hydrogen-bond donors (Lipinski definition) is 3. The largest absolute Gasteiger partial charge is 0.507 e. The lowest BCUT2D eigenvalue weighted by molar-refractivity contribution is -0.138. The number of rotatable bonds is 4. The van der Waals surface area contributed by atoms with Gasteiger partial charge in [0.1, 0.15) is 12.3 Å². The molecular formula is C14H16ClNO4S. The molecule has 0 unspecified atom stereocenters. The summed E-state index contributed by atoms with van der Waals surface area (Å²) in [7, 11) is 0. The molecule has 21 heavy (non-hydrogen) atoms. The monoisotopic (exact) mass is 329 g/mol. The number of hydrogen-bond acceptors (Lipinski definition) is 4. The van der Waals surface area contributed by atoms with Crippen LogP contribution < -0.4 is 0 Å². The molecule has 1 amide bonds. The van der Waals surface area contributed by atoms with Crippen LogP contribution in [0.2, 0.25) is 5.02 Å². The molecule has 0 spiro atoms. The van der Waals surface area contributed by atoms with Gasteiger partial charge in [-0.05, 0) is 25.0 Å². The lowest BCUT2D eigenvalue weighted by Gasteiger charge is -2.28. The summed E-state index contributed by atoms with van der Waals surface area (Å²) >= 11 is 10.1. The molecule has 114 valence electrons. The van der Waals surface area contributed by atoms with Crippen molar-refractivity contribution in [2.75, 3.05) is 6.54 Å². The third-order valence-corrected chi connectivity index (χ3v) is 4.56. The highest BCUT2D eigenvalue weighted by molar-refractivity contribution is 7.80. The van der Waals surface area contributed by atoms with Gasteiger partial charge < -0.3 is 15.1 Å². The molecule has 2 rings (SSSR count). The Kier molecular flexibility index (Phi) is 5.00. The Morgan fingerprint density at radius 3 is 2.52 bits per heavy atom. The van der Waals surface area contributed by atoms with Crippen molar-refractivity contribution in [2.45, 2.75) is 36.6 Å². The van der Waals surface area contributed by atoms with Crippen molar-refractivity contribution in [2.24, 2.45) is 0 Å². The molecule has 0 atom stereocenters. The van der Waals surface area contributed by atoms with E-state index in [1.165, 1.54) is 17.0 Å². The number of carbonyl (C=O) groups is 2. The third-order valence-electron chi connectivity index (χ3n) is 3.65. The van der Waals surface area contributed by atoms with Crippen molar-refractivity contribution in [3.05, 3.63) is 22.7 Å². The molecule has 1 aliphatic rings. The summed E-state index contributed by atoms with van der Waals surface area (Å²) in [6.07, 6.45) is 3.46. The van der Waals surface area contributed by atoms with E-state index in [1.54, 1.807) is 0 Å². The quantitative estimate of drug-likeness (QED) is 0.742. The number of carbonyl (C=O) groups excluding carboxylic acids is 1. The SMILES string of the molecule is O=C(O)CN(C(=O)c1c(O)ccc(Cl)c1S)C1CCCC1. The van der Waals surface area contributed by atoms with Crippen molar-refractivity contribution in [3.63, 3.8) is 0 Å². The van der Waals surface area contributed by atoms with Gasteiger partial charge in [0.05, 0.1) is 10.6 Å². The second-order valence-corrected chi connectivity index (χ2v) is 5.91. The normalized spacial score (nSPS) is 15.1. The minimum atomic E-state index is -1.09. The van der Waals surface area contributed by atoms with E-state index < -0.39 is 18.4 Å². The van der Waals surface area contributed by atoms with Gasteiger partial charge in [0.2, 0.25) is 0 Å². The van der Waals surface area contributed by atoms with E-state index in [1.807, 2.05) is 0 Å². The van der Waals surface area contributed by atoms with Crippen LogP contribution in [0.15, 0.2) is 17.0 Å². The topological polar surface area (TPSA) is 77.8 Å². The van der Waals surface area contributed by atoms with E-state index >= 15 is 0 Å². The van der Waals surface area contributed by atoms with Crippen LogP contribution in [0.25, 0.3) is 0 Å². The van der Waals surface area contributed by atoms with Crippen LogP contribution in [0.4, 0.5) is 0 Å². The predicted molar refractivity (Wildman–Crippen MR) is 81.3 cm³/mol. The van der Waals surface area contributed by atoms with Crippen LogP contribution in [0, 0.1) is 0 Å². The molecule has 0 radical (unpaired) electrons. The number of nitrogens with zero attached hydrogens (tertiary/aromatic N) is 1. The van der Waals surface area contributed by atoms with Crippen LogP contribution in [0.3, 0.4) is 0 Å². The first-order valence-corrected chi connectivity index (χ1v) is 7.47. The Hall–Kier alpha value is -1.40. The molecule has 0 heterocycles. The maximum absolute atomic E-state index is 12.7. The molecule has 0 aliphatic heterocycles. The number of amides is 1. The second-order valence-electron chi connectivity index (χ2n) is 5.06. The van der Waals surface area contributed by atoms with E-state index in [4.69, 9.17) is 16.7 Å². The molecule has 1 aliphatic carbocycles. The zero-order valence-electron chi connectivity index (χ0n) is 11.3. The zero-order valence-corrected chi connectivity index (χ0v) is 12.9. The predicted octanol–water partition coefficient (Wildman–Crippen LogP) is 2.80. The van der Waals surface area contributed by atoms with Gasteiger partial charge in [-0.2, -0.15) is 0 Å². The molecule has 1 fully saturated rings. The lowest BCUT2D eigenvalue weighted by atomic mass is 10.1. The highest BCUT2D eigenvalue weighted by Gasteiger charge is 2.31. The molecule has 0 bridgehead atoms. The molecule has 5 nitrogen and oxygen atoms in total. The fourth-order valence-electron chi connectivity index (χ4n) is 2.64. The highest BCUT2D eigenvalue weighted by atomic mass is 35.5. The fourth-order valence-corrected chi connectivity index (χ4v) is 3.08. The van der Waals surface area contributed by atoms with E-state index in [2.05, 4.69) is 12.6 Å². The van der Waals surface area contributed by atoms with Crippen molar-refractivity contribution in [1.29, 1.82) is 0 Å². The van der Waals surface area contributed by atoms with E-state index in [-0.39, 0.29) is 27.3 Å². The van der Waals surface area contributed by atoms with Crippen LogP contribution in [-0.4, -0.2) is 39.6 Å².